The van der Waals surface area contributed by atoms with Gasteiger partial charge in [0, 0.05) is 24.4 Å². The Morgan fingerprint density at radius 3 is 2.52 bits per heavy atom. The molecule has 2 unspecified atom stereocenters. The molecule has 2 atom stereocenters. The van der Waals surface area contributed by atoms with Crippen molar-refractivity contribution in [3.05, 3.63) is 23.8 Å². The zero-order valence-corrected chi connectivity index (χ0v) is 14.1. The number of fused-ring (bicyclic) bond motifs is 1. The molecule has 126 valence electrons. The van der Waals surface area contributed by atoms with Gasteiger partial charge in [0.25, 0.3) is 0 Å². The van der Waals surface area contributed by atoms with Gasteiger partial charge in [0.1, 0.15) is 13.2 Å². The summed E-state index contributed by atoms with van der Waals surface area (Å²) in [6.07, 6.45) is 1.41. The molecule has 5 nitrogen and oxygen atoms in total. The number of carbonyl (C=O) groups is 2. The molecule has 0 aliphatic carbocycles. The molecule has 1 N–H and O–H groups in total. The Morgan fingerprint density at radius 1 is 1.13 bits per heavy atom. The number of Topliss-reactive ketones (excluding diaryl/α,β-unsaturated/α-hetero) is 1. The highest BCUT2D eigenvalue weighted by Crippen LogP contribution is 2.31. The Balaban J connectivity index is 1.86. The van der Waals surface area contributed by atoms with Gasteiger partial charge in [-0.15, -0.1) is 0 Å². The van der Waals surface area contributed by atoms with Gasteiger partial charge >= 0.3 is 0 Å². The van der Waals surface area contributed by atoms with Gasteiger partial charge in [-0.2, -0.15) is 0 Å². The zero-order chi connectivity index (χ0) is 16.8. The molecule has 2 rings (SSSR count). The summed E-state index contributed by atoms with van der Waals surface area (Å²) in [6, 6.07) is 5.27. The summed E-state index contributed by atoms with van der Waals surface area (Å²) in [5.41, 5.74) is 0.553. The van der Waals surface area contributed by atoms with Crippen LogP contribution in [0.1, 0.15) is 50.4 Å². The third-order valence-electron chi connectivity index (χ3n) is 4.33. The number of rotatable bonds is 7. The molecule has 1 aromatic carbocycles. The first-order chi connectivity index (χ1) is 11.0. The highest BCUT2D eigenvalue weighted by atomic mass is 16.6. The first kappa shape index (κ1) is 17.3. The highest BCUT2D eigenvalue weighted by Gasteiger charge is 2.17. The van der Waals surface area contributed by atoms with E-state index in [1.54, 1.807) is 18.2 Å². The normalized spacial score (nSPS) is 15.6. The number of amides is 1. The predicted molar refractivity (Wildman–Crippen MR) is 88.1 cm³/mol. The molecule has 1 aliphatic heterocycles. The van der Waals surface area contributed by atoms with Crippen LogP contribution in [0.3, 0.4) is 0 Å². The first-order valence-corrected chi connectivity index (χ1v) is 8.23. The van der Waals surface area contributed by atoms with Crippen LogP contribution in [0.4, 0.5) is 0 Å². The number of ketones is 1. The summed E-state index contributed by atoms with van der Waals surface area (Å²) < 4.78 is 10.9. The van der Waals surface area contributed by atoms with E-state index in [2.05, 4.69) is 19.2 Å². The second kappa shape index (κ2) is 7.99. The van der Waals surface area contributed by atoms with Crippen LogP contribution in [0, 0.1) is 5.92 Å². The number of hydrogen-bond donors (Lipinski definition) is 1. The molecule has 0 aromatic heterocycles. The van der Waals surface area contributed by atoms with E-state index in [4.69, 9.17) is 9.47 Å². The van der Waals surface area contributed by atoms with E-state index in [1.165, 1.54) is 0 Å². The minimum atomic E-state index is -0.0799. The summed E-state index contributed by atoms with van der Waals surface area (Å²) in [6.45, 7) is 7.20. The molecule has 1 aromatic rings. The Kier molecular flexibility index (Phi) is 6.02. The first-order valence-electron chi connectivity index (χ1n) is 8.23. The predicted octanol–water partition coefficient (Wildman–Crippen LogP) is 2.97. The Bertz CT molecular complexity index is 570. The number of ether oxygens (including phenoxy) is 2. The van der Waals surface area contributed by atoms with E-state index in [1.807, 2.05) is 6.92 Å². The fraction of sp³-hybridized carbons (Fsp3) is 0.556. The lowest BCUT2D eigenvalue weighted by molar-refractivity contribution is -0.122. The van der Waals surface area contributed by atoms with Crippen LogP contribution in [-0.2, 0) is 4.79 Å². The standard InChI is InChI=1S/C18H25NO4/c1-4-12(2)13(3)19-18(21)8-6-15(20)14-5-7-16-17(11-14)23-10-9-22-16/h5,7,11-13H,4,6,8-10H2,1-3H3,(H,19,21). The maximum atomic E-state index is 12.2. The van der Waals surface area contributed by atoms with Crippen LogP contribution in [0.15, 0.2) is 18.2 Å². The van der Waals surface area contributed by atoms with Crippen LogP contribution in [0.25, 0.3) is 0 Å². The van der Waals surface area contributed by atoms with Crippen LogP contribution >= 0.6 is 0 Å². The SMILES string of the molecule is CCC(C)C(C)NC(=O)CCC(=O)c1ccc2c(c1)OCCO2. The lowest BCUT2D eigenvalue weighted by Gasteiger charge is -2.20. The third-order valence-corrected chi connectivity index (χ3v) is 4.33. The van der Waals surface area contributed by atoms with Crippen LogP contribution < -0.4 is 14.8 Å². The van der Waals surface area contributed by atoms with Gasteiger partial charge in [0.05, 0.1) is 0 Å². The molecule has 1 amide bonds. The topological polar surface area (TPSA) is 64.6 Å². The van der Waals surface area contributed by atoms with Gasteiger partial charge < -0.3 is 14.8 Å². The molecule has 0 saturated carbocycles. The molecule has 0 spiro atoms. The Hall–Kier alpha value is -2.04. The number of benzene rings is 1. The summed E-state index contributed by atoms with van der Waals surface area (Å²) in [7, 11) is 0. The average molecular weight is 319 g/mol. The molecule has 0 radical (unpaired) electrons. The van der Waals surface area contributed by atoms with Crippen molar-refractivity contribution in [3.63, 3.8) is 0 Å². The minimum Gasteiger partial charge on any atom is -0.486 e. The molecule has 0 saturated heterocycles. The molecule has 23 heavy (non-hydrogen) atoms. The zero-order valence-electron chi connectivity index (χ0n) is 14.1. The summed E-state index contributed by atoms with van der Waals surface area (Å²) in [4.78, 5) is 24.2. The van der Waals surface area contributed by atoms with Crippen molar-refractivity contribution in [1.29, 1.82) is 0 Å². The quantitative estimate of drug-likeness (QED) is 0.785. The molecular formula is C18H25NO4. The smallest absolute Gasteiger partial charge is 0.220 e. The van der Waals surface area contributed by atoms with Crippen molar-refractivity contribution in [2.24, 2.45) is 5.92 Å². The molecule has 5 heteroatoms. The van der Waals surface area contributed by atoms with Gasteiger partial charge in [-0.1, -0.05) is 20.3 Å². The second-order valence-corrected chi connectivity index (χ2v) is 6.02. The van der Waals surface area contributed by atoms with Crippen LogP contribution in [0.2, 0.25) is 0 Å². The van der Waals surface area contributed by atoms with Gasteiger partial charge in [0.2, 0.25) is 5.91 Å². The fourth-order valence-corrected chi connectivity index (χ4v) is 2.41. The number of nitrogens with one attached hydrogen (secondary N) is 1. The lowest BCUT2D eigenvalue weighted by Crippen LogP contribution is -2.36. The molecule has 1 heterocycles. The van der Waals surface area contributed by atoms with E-state index >= 15 is 0 Å². The van der Waals surface area contributed by atoms with Gasteiger partial charge in [-0.25, -0.2) is 0 Å². The summed E-state index contributed by atoms with van der Waals surface area (Å²) >= 11 is 0. The third kappa shape index (κ3) is 4.71. The maximum Gasteiger partial charge on any atom is 0.220 e. The average Bonchev–Trinajstić information content (AvgIpc) is 2.58. The van der Waals surface area contributed by atoms with Crippen LogP contribution in [-0.4, -0.2) is 30.9 Å². The van der Waals surface area contributed by atoms with Crippen LogP contribution in [0.5, 0.6) is 11.5 Å². The lowest BCUT2D eigenvalue weighted by atomic mass is 10.0. The highest BCUT2D eigenvalue weighted by molar-refractivity contribution is 5.98. The van der Waals surface area contributed by atoms with Crippen molar-refractivity contribution in [2.75, 3.05) is 13.2 Å². The molecule has 1 aliphatic rings. The molecule has 0 bridgehead atoms. The second-order valence-electron chi connectivity index (χ2n) is 6.02. The van der Waals surface area contributed by atoms with E-state index in [9.17, 15) is 9.59 Å². The van der Waals surface area contributed by atoms with E-state index in [-0.39, 0.29) is 30.6 Å². The molecule has 0 fully saturated rings. The maximum absolute atomic E-state index is 12.2. The van der Waals surface area contributed by atoms with Gasteiger partial charge in [0.15, 0.2) is 17.3 Å². The monoisotopic (exact) mass is 319 g/mol. The van der Waals surface area contributed by atoms with Gasteiger partial charge in [-0.3, -0.25) is 9.59 Å². The van der Waals surface area contributed by atoms with Crippen molar-refractivity contribution in [1.82, 2.24) is 5.32 Å². The number of hydrogen-bond acceptors (Lipinski definition) is 4. The summed E-state index contributed by atoms with van der Waals surface area (Å²) in [5, 5.41) is 2.95. The molecular weight excluding hydrogens is 294 g/mol. The van der Waals surface area contributed by atoms with Crippen molar-refractivity contribution < 1.29 is 19.1 Å². The van der Waals surface area contributed by atoms with E-state index in [0.29, 0.717) is 36.2 Å². The van der Waals surface area contributed by atoms with Crippen molar-refractivity contribution in [3.8, 4) is 11.5 Å². The van der Waals surface area contributed by atoms with E-state index < -0.39 is 0 Å². The number of carbonyl (C=O) groups excluding carboxylic acids is 2. The van der Waals surface area contributed by atoms with E-state index in [0.717, 1.165) is 6.42 Å². The van der Waals surface area contributed by atoms with Gasteiger partial charge in [-0.05, 0) is 31.0 Å². The van der Waals surface area contributed by atoms with Crippen molar-refractivity contribution in [2.45, 2.75) is 46.1 Å². The Morgan fingerprint density at radius 2 is 1.83 bits per heavy atom. The Labute approximate surface area is 137 Å². The largest absolute Gasteiger partial charge is 0.486 e. The fourth-order valence-electron chi connectivity index (χ4n) is 2.41. The van der Waals surface area contributed by atoms with Crippen molar-refractivity contribution >= 4 is 11.7 Å². The summed E-state index contributed by atoms with van der Waals surface area (Å²) in [5.74, 6) is 1.54. The minimum absolute atomic E-state index is 0.0617.